The third kappa shape index (κ3) is 2.24. The van der Waals surface area contributed by atoms with Gasteiger partial charge in [-0.25, -0.2) is 8.78 Å². The number of rotatable bonds is 1. The van der Waals surface area contributed by atoms with Crippen molar-refractivity contribution in [2.75, 3.05) is 11.9 Å². The van der Waals surface area contributed by atoms with Crippen LogP contribution in [0.5, 0.6) is 5.75 Å². The maximum atomic E-state index is 13.7. The molecule has 0 saturated carbocycles. The van der Waals surface area contributed by atoms with Crippen molar-refractivity contribution in [1.82, 2.24) is 0 Å². The van der Waals surface area contributed by atoms with Crippen molar-refractivity contribution in [2.45, 2.75) is 6.10 Å². The Labute approximate surface area is 114 Å². The lowest BCUT2D eigenvalue weighted by Crippen LogP contribution is -2.24. The predicted molar refractivity (Wildman–Crippen MR) is 69.7 cm³/mol. The fourth-order valence-corrected chi connectivity index (χ4v) is 2.26. The van der Waals surface area contributed by atoms with Crippen LogP contribution >= 0.6 is 11.6 Å². The number of hydrogen-bond donors (Lipinski definition) is 1. The molecule has 98 valence electrons. The molecular weight excluding hydrogens is 272 g/mol. The Morgan fingerprint density at radius 2 is 2.05 bits per heavy atom. The van der Waals surface area contributed by atoms with E-state index in [0.717, 1.165) is 11.8 Å². The van der Waals surface area contributed by atoms with Gasteiger partial charge in [0.05, 0.1) is 12.2 Å². The molecule has 2 nitrogen and oxygen atoms in total. The second kappa shape index (κ2) is 4.70. The monoisotopic (exact) mass is 281 g/mol. The molecule has 5 heteroatoms. The molecule has 0 aromatic heterocycles. The normalized spacial score (nSPS) is 17.3. The first kappa shape index (κ1) is 12.2. The van der Waals surface area contributed by atoms with Crippen LogP contribution < -0.4 is 10.1 Å². The number of benzene rings is 2. The van der Waals surface area contributed by atoms with Crippen LogP contribution in [0, 0.1) is 11.6 Å². The Morgan fingerprint density at radius 1 is 1.21 bits per heavy atom. The lowest BCUT2D eigenvalue weighted by molar-refractivity contribution is 0.204. The van der Waals surface area contributed by atoms with Crippen LogP contribution in [-0.4, -0.2) is 6.54 Å². The van der Waals surface area contributed by atoms with Gasteiger partial charge < -0.3 is 10.1 Å². The fraction of sp³-hybridized carbons (Fsp3) is 0.143. The van der Waals surface area contributed by atoms with Gasteiger partial charge in [0.25, 0.3) is 0 Å². The molecule has 0 bridgehead atoms. The van der Waals surface area contributed by atoms with Gasteiger partial charge in [-0.1, -0.05) is 23.7 Å². The molecule has 2 aromatic carbocycles. The summed E-state index contributed by atoms with van der Waals surface area (Å²) in [5, 5.41) is 3.69. The molecule has 1 unspecified atom stereocenters. The molecule has 1 aliphatic rings. The number of hydrogen-bond acceptors (Lipinski definition) is 2. The summed E-state index contributed by atoms with van der Waals surface area (Å²) in [4.78, 5) is 0. The second-order valence-corrected chi connectivity index (χ2v) is 4.71. The summed E-state index contributed by atoms with van der Waals surface area (Å²) in [7, 11) is 0. The van der Waals surface area contributed by atoms with Crippen molar-refractivity contribution < 1.29 is 13.5 Å². The number of fused-ring (bicyclic) bond motifs is 1. The zero-order chi connectivity index (χ0) is 13.4. The third-order valence-electron chi connectivity index (χ3n) is 3.02. The molecule has 0 spiro atoms. The maximum absolute atomic E-state index is 13.7. The quantitative estimate of drug-likeness (QED) is 0.847. The van der Waals surface area contributed by atoms with Crippen LogP contribution in [0.25, 0.3) is 0 Å². The van der Waals surface area contributed by atoms with Gasteiger partial charge in [0.2, 0.25) is 0 Å². The van der Waals surface area contributed by atoms with E-state index in [9.17, 15) is 8.78 Å². The fourth-order valence-electron chi connectivity index (χ4n) is 2.08. The molecule has 19 heavy (non-hydrogen) atoms. The summed E-state index contributed by atoms with van der Waals surface area (Å²) in [6.07, 6.45) is -0.565. The van der Waals surface area contributed by atoms with E-state index in [1.54, 1.807) is 18.2 Å². The minimum atomic E-state index is -0.872. The molecule has 1 N–H and O–H groups in total. The topological polar surface area (TPSA) is 21.3 Å². The van der Waals surface area contributed by atoms with Gasteiger partial charge in [-0.05, 0) is 24.3 Å². The Kier molecular flexibility index (Phi) is 3.03. The van der Waals surface area contributed by atoms with Gasteiger partial charge >= 0.3 is 0 Å². The molecule has 1 atom stereocenters. The lowest BCUT2D eigenvalue weighted by atomic mass is 10.1. The van der Waals surface area contributed by atoms with E-state index in [-0.39, 0.29) is 5.56 Å². The smallest absolute Gasteiger partial charge is 0.165 e. The van der Waals surface area contributed by atoms with Crippen molar-refractivity contribution in [3.05, 3.63) is 58.6 Å². The van der Waals surface area contributed by atoms with Gasteiger partial charge in [0.15, 0.2) is 11.6 Å². The molecule has 3 rings (SSSR count). The highest BCUT2D eigenvalue weighted by atomic mass is 35.5. The maximum Gasteiger partial charge on any atom is 0.165 e. The molecule has 0 fully saturated rings. The summed E-state index contributed by atoms with van der Waals surface area (Å²) >= 11 is 5.87. The van der Waals surface area contributed by atoms with E-state index in [0.29, 0.717) is 17.3 Å². The third-order valence-corrected chi connectivity index (χ3v) is 3.25. The average molecular weight is 282 g/mol. The predicted octanol–water partition coefficient (Wildman–Crippen LogP) is 4.16. The summed E-state index contributed by atoms with van der Waals surface area (Å²) in [5.41, 5.74) is 0.952. The van der Waals surface area contributed by atoms with Crippen molar-refractivity contribution in [1.29, 1.82) is 0 Å². The van der Waals surface area contributed by atoms with Gasteiger partial charge in [-0.2, -0.15) is 0 Å². The second-order valence-electron chi connectivity index (χ2n) is 4.27. The lowest BCUT2D eigenvalue weighted by Gasteiger charge is -2.28. The van der Waals surface area contributed by atoms with E-state index in [4.69, 9.17) is 16.3 Å². The standard InChI is InChI=1S/C14H10ClF2NO/c15-8-4-5-12-11(6-8)18-7-13(19-12)9-2-1-3-10(16)14(9)17/h1-6,13,18H,7H2. The molecule has 0 aliphatic carbocycles. The number of anilines is 1. The molecule has 1 heterocycles. The number of ether oxygens (including phenoxy) is 1. The first-order chi connectivity index (χ1) is 9.15. The Bertz CT molecular complexity index is 633. The van der Waals surface area contributed by atoms with Crippen LogP contribution in [0.15, 0.2) is 36.4 Å². The van der Waals surface area contributed by atoms with E-state index in [2.05, 4.69) is 5.32 Å². The van der Waals surface area contributed by atoms with Crippen molar-refractivity contribution in [3.63, 3.8) is 0 Å². The summed E-state index contributed by atoms with van der Waals surface area (Å²) in [5.74, 6) is -1.17. The zero-order valence-corrected chi connectivity index (χ0v) is 10.5. The van der Waals surface area contributed by atoms with E-state index < -0.39 is 17.7 Å². The minimum absolute atomic E-state index is 0.202. The molecular formula is C14H10ClF2NO. The average Bonchev–Trinajstić information content (AvgIpc) is 2.41. The summed E-state index contributed by atoms with van der Waals surface area (Å²) in [6.45, 7) is 0.355. The first-order valence-electron chi connectivity index (χ1n) is 5.79. The van der Waals surface area contributed by atoms with Gasteiger partial charge in [0.1, 0.15) is 11.9 Å². The van der Waals surface area contributed by atoms with Crippen LogP contribution in [-0.2, 0) is 0 Å². The molecule has 0 saturated heterocycles. The highest BCUT2D eigenvalue weighted by molar-refractivity contribution is 6.30. The van der Waals surface area contributed by atoms with Crippen LogP contribution in [0.2, 0.25) is 5.02 Å². The Hall–Kier alpha value is -1.81. The highest BCUT2D eigenvalue weighted by Crippen LogP contribution is 2.36. The Balaban J connectivity index is 1.93. The van der Waals surface area contributed by atoms with E-state index >= 15 is 0 Å². The summed E-state index contributed by atoms with van der Waals surface area (Å²) in [6, 6.07) is 9.19. The Morgan fingerprint density at radius 3 is 2.89 bits per heavy atom. The molecule has 2 aromatic rings. The van der Waals surface area contributed by atoms with Gasteiger partial charge in [-0.15, -0.1) is 0 Å². The van der Waals surface area contributed by atoms with Crippen LogP contribution in [0.3, 0.4) is 0 Å². The van der Waals surface area contributed by atoms with Crippen molar-refractivity contribution in [3.8, 4) is 5.75 Å². The number of nitrogens with one attached hydrogen (secondary N) is 1. The minimum Gasteiger partial charge on any atom is -0.482 e. The largest absolute Gasteiger partial charge is 0.482 e. The SMILES string of the molecule is Fc1cccc(C2CNc3cc(Cl)ccc3O2)c1F. The molecule has 0 radical (unpaired) electrons. The van der Waals surface area contributed by atoms with Crippen LogP contribution in [0.4, 0.5) is 14.5 Å². The molecule has 1 aliphatic heterocycles. The van der Waals surface area contributed by atoms with Crippen molar-refractivity contribution in [2.24, 2.45) is 0 Å². The van der Waals surface area contributed by atoms with Gasteiger partial charge in [-0.3, -0.25) is 0 Å². The van der Waals surface area contributed by atoms with E-state index in [1.165, 1.54) is 12.1 Å². The highest BCUT2D eigenvalue weighted by Gasteiger charge is 2.24. The van der Waals surface area contributed by atoms with Crippen molar-refractivity contribution >= 4 is 17.3 Å². The first-order valence-corrected chi connectivity index (χ1v) is 6.17. The number of halogens is 3. The summed E-state index contributed by atoms with van der Waals surface area (Å²) < 4.78 is 32.6. The molecule has 0 amide bonds. The van der Waals surface area contributed by atoms with Gasteiger partial charge in [0, 0.05) is 10.6 Å². The van der Waals surface area contributed by atoms with E-state index in [1.807, 2.05) is 0 Å². The van der Waals surface area contributed by atoms with Crippen LogP contribution in [0.1, 0.15) is 11.7 Å². The zero-order valence-electron chi connectivity index (χ0n) is 9.79.